The molecule has 0 atom stereocenters. The first-order valence-corrected chi connectivity index (χ1v) is 13.4. The quantitative estimate of drug-likeness (QED) is 0.220. The van der Waals surface area contributed by atoms with Crippen LogP contribution < -0.4 is 0 Å². The van der Waals surface area contributed by atoms with Gasteiger partial charge in [-0.1, -0.05) is 145 Å². The van der Waals surface area contributed by atoms with Gasteiger partial charge in [0.15, 0.2) is 0 Å². The fraction of sp³-hybridized carbons (Fsp3) is 0.0270. The molecular formula is C37H23Cl. The van der Waals surface area contributed by atoms with E-state index in [9.17, 15) is 0 Å². The monoisotopic (exact) mass is 502 g/mol. The molecule has 6 aromatic carbocycles. The average molecular weight is 503 g/mol. The van der Waals surface area contributed by atoms with Crippen LogP contribution in [-0.4, -0.2) is 0 Å². The summed E-state index contributed by atoms with van der Waals surface area (Å²) in [5.41, 5.74) is 14.7. The molecule has 0 heterocycles. The zero-order chi connectivity index (χ0) is 25.3. The van der Waals surface area contributed by atoms with Crippen molar-refractivity contribution in [2.24, 2.45) is 0 Å². The summed E-state index contributed by atoms with van der Waals surface area (Å²) in [7, 11) is 0. The third-order valence-electron chi connectivity index (χ3n) is 8.37. The van der Waals surface area contributed by atoms with Gasteiger partial charge in [-0.2, -0.15) is 0 Å². The number of rotatable bonds is 2. The van der Waals surface area contributed by atoms with Crippen molar-refractivity contribution in [1.82, 2.24) is 0 Å². The fourth-order valence-corrected chi connectivity index (χ4v) is 7.32. The third kappa shape index (κ3) is 2.71. The normalized spacial score (nSPS) is 13.6. The molecule has 0 aromatic heterocycles. The Kier molecular flexibility index (Phi) is 4.59. The van der Waals surface area contributed by atoms with Gasteiger partial charge in [0.1, 0.15) is 0 Å². The largest absolute Gasteiger partial charge is 0.0840 e. The van der Waals surface area contributed by atoms with Gasteiger partial charge in [-0.25, -0.2) is 0 Å². The van der Waals surface area contributed by atoms with Gasteiger partial charge < -0.3 is 0 Å². The maximum Gasteiger partial charge on any atom is 0.0740 e. The first-order valence-electron chi connectivity index (χ1n) is 13.1. The molecule has 2 aliphatic carbocycles. The van der Waals surface area contributed by atoms with Crippen LogP contribution in [-0.2, 0) is 5.41 Å². The maximum absolute atomic E-state index is 7.18. The lowest BCUT2D eigenvalue weighted by Gasteiger charge is -2.31. The van der Waals surface area contributed by atoms with E-state index < -0.39 is 5.41 Å². The lowest BCUT2D eigenvalue weighted by atomic mass is 9.70. The second-order valence-corrected chi connectivity index (χ2v) is 10.6. The number of hydrogen-bond donors (Lipinski definition) is 0. The van der Waals surface area contributed by atoms with Gasteiger partial charge in [-0.05, 0) is 72.8 Å². The van der Waals surface area contributed by atoms with Gasteiger partial charge in [0.05, 0.1) is 5.41 Å². The lowest BCUT2D eigenvalue weighted by molar-refractivity contribution is 0.794. The molecule has 0 bridgehead atoms. The van der Waals surface area contributed by atoms with Crippen molar-refractivity contribution in [2.45, 2.75) is 5.41 Å². The minimum atomic E-state index is -0.482. The third-order valence-corrected chi connectivity index (χ3v) is 8.68. The van der Waals surface area contributed by atoms with Crippen molar-refractivity contribution >= 4 is 11.6 Å². The molecule has 1 spiro atoms. The lowest BCUT2D eigenvalue weighted by Crippen LogP contribution is -2.26. The summed E-state index contributed by atoms with van der Waals surface area (Å²) in [6.07, 6.45) is 0. The van der Waals surface area contributed by atoms with Crippen molar-refractivity contribution < 1.29 is 0 Å². The Morgan fingerprint density at radius 3 is 1.42 bits per heavy atom. The molecule has 6 aromatic rings. The van der Waals surface area contributed by atoms with Crippen molar-refractivity contribution in [3.8, 4) is 44.5 Å². The summed E-state index contributed by atoms with van der Waals surface area (Å²) in [4.78, 5) is 0. The Labute approximate surface area is 227 Å². The maximum atomic E-state index is 7.18. The van der Waals surface area contributed by atoms with Crippen LogP contribution in [0.25, 0.3) is 44.5 Å². The van der Waals surface area contributed by atoms with Crippen LogP contribution in [0.3, 0.4) is 0 Å². The van der Waals surface area contributed by atoms with Crippen LogP contribution in [0.15, 0.2) is 140 Å². The average Bonchev–Trinajstić information content (AvgIpc) is 3.46. The molecule has 178 valence electrons. The molecule has 38 heavy (non-hydrogen) atoms. The smallest absolute Gasteiger partial charge is 0.0740 e. The molecule has 0 fully saturated rings. The molecule has 0 saturated heterocycles. The van der Waals surface area contributed by atoms with E-state index in [0.717, 1.165) is 5.02 Å². The molecule has 0 saturated carbocycles. The fourth-order valence-electron chi connectivity index (χ4n) is 7.00. The summed E-state index contributed by atoms with van der Waals surface area (Å²) in [6, 6.07) is 50.4. The van der Waals surface area contributed by atoms with E-state index in [0.29, 0.717) is 0 Å². The van der Waals surface area contributed by atoms with Crippen molar-refractivity contribution in [1.29, 1.82) is 0 Å². The summed E-state index contributed by atoms with van der Waals surface area (Å²) >= 11 is 7.18. The standard InChI is InChI=1S/C37H23Cl/c38-33-23-11-19-29-28-16-7-8-20-30(28)37(36(29)33)31-21-9-17-26(24-12-3-1-4-13-24)34(31)35-27(18-10-22-32(35)37)25-14-5-2-6-15-25/h1-23H. The van der Waals surface area contributed by atoms with E-state index in [1.165, 1.54) is 66.8 Å². The molecule has 0 unspecified atom stereocenters. The van der Waals surface area contributed by atoms with Gasteiger partial charge in [0, 0.05) is 5.02 Å². The van der Waals surface area contributed by atoms with Crippen molar-refractivity contribution in [2.75, 3.05) is 0 Å². The predicted octanol–water partition coefficient (Wildman–Crippen LogP) is 10.0. The Bertz CT molecular complexity index is 1780. The second kappa shape index (κ2) is 8.05. The molecule has 0 nitrogen and oxygen atoms in total. The highest BCUT2D eigenvalue weighted by Crippen LogP contribution is 2.66. The van der Waals surface area contributed by atoms with Crippen LogP contribution >= 0.6 is 11.6 Å². The molecule has 2 aliphatic rings. The minimum absolute atomic E-state index is 0.482. The number of hydrogen-bond acceptors (Lipinski definition) is 0. The van der Waals surface area contributed by atoms with E-state index in [-0.39, 0.29) is 0 Å². The molecule has 1 heteroatoms. The minimum Gasteiger partial charge on any atom is -0.0840 e. The second-order valence-electron chi connectivity index (χ2n) is 10.1. The van der Waals surface area contributed by atoms with Crippen molar-refractivity contribution in [3.05, 3.63) is 167 Å². The van der Waals surface area contributed by atoms with Gasteiger partial charge >= 0.3 is 0 Å². The molecule has 0 aliphatic heterocycles. The zero-order valence-corrected chi connectivity index (χ0v) is 21.4. The van der Waals surface area contributed by atoms with Crippen LogP contribution in [0.4, 0.5) is 0 Å². The highest BCUT2D eigenvalue weighted by molar-refractivity contribution is 6.32. The van der Waals surface area contributed by atoms with Gasteiger partial charge in [0.25, 0.3) is 0 Å². The highest BCUT2D eigenvalue weighted by Gasteiger charge is 2.53. The Balaban J connectivity index is 1.60. The van der Waals surface area contributed by atoms with E-state index in [2.05, 4.69) is 133 Å². The van der Waals surface area contributed by atoms with E-state index in [1.807, 2.05) is 6.07 Å². The van der Waals surface area contributed by atoms with Crippen LogP contribution in [0.5, 0.6) is 0 Å². The molecular weight excluding hydrogens is 480 g/mol. The van der Waals surface area contributed by atoms with Gasteiger partial charge in [-0.15, -0.1) is 0 Å². The summed E-state index contributed by atoms with van der Waals surface area (Å²) in [6.45, 7) is 0. The number of halogens is 1. The Morgan fingerprint density at radius 1 is 0.368 bits per heavy atom. The highest BCUT2D eigenvalue weighted by atomic mass is 35.5. The number of benzene rings is 6. The SMILES string of the molecule is Clc1cccc2c1C1(c3ccccc3-2)c2cccc(-c3ccccc3)c2-c2c(-c3ccccc3)cccc21. The summed E-state index contributed by atoms with van der Waals surface area (Å²) < 4.78 is 0. The molecule has 8 rings (SSSR count). The van der Waals surface area contributed by atoms with Crippen molar-refractivity contribution in [3.63, 3.8) is 0 Å². The number of fused-ring (bicyclic) bond motifs is 10. The predicted molar refractivity (Wildman–Crippen MR) is 159 cm³/mol. The van der Waals surface area contributed by atoms with Gasteiger partial charge in [-0.3, -0.25) is 0 Å². The molecule has 0 amide bonds. The topological polar surface area (TPSA) is 0 Å². The molecule has 0 N–H and O–H groups in total. The first-order chi connectivity index (χ1) is 18.8. The van der Waals surface area contributed by atoms with E-state index in [4.69, 9.17) is 11.6 Å². The molecule has 0 radical (unpaired) electrons. The Morgan fingerprint density at radius 2 is 0.816 bits per heavy atom. The first kappa shape index (κ1) is 21.7. The van der Waals surface area contributed by atoms with E-state index >= 15 is 0 Å². The summed E-state index contributed by atoms with van der Waals surface area (Å²) in [5, 5.41) is 0.813. The summed E-state index contributed by atoms with van der Waals surface area (Å²) in [5.74, 6) is 0. The van der Waals surface area contributed by atoms with Crippen LogP contribution in [0, 0.1) is 0 Å². The van der Waals surface area contributed by atoms with Crippen LogP contribution in [0.2, 0.25) is 5.02 Å². The van der Waals surface area contributed by atoms with E-state index in [1.54, 1.807) is 0 Å². The Hall–Kier alpha value is -4.39. The zero-order valence-electron chi connectivity index (χ0n) is 20.7. The van der Waals surface area contributed by atoms with Crippen LogP contribution in [0.1, 0.15) is 22.3 Å². The van der Waals surface area contributed by atoms with Gasteiger partial charge in [0.2, 0.25) is 0 Å².